The Balaban J connectivity index is 1.69. The number of aromatic hydroxyl groups is 1. The predicted octanol–water partition coefficient (Wildman–Crippen LogP) is 2.57. The van der Waals surface area contributed by atoms with Crippen molar-refractivity contribution in [3.63, 3.8) is 0 Å². The summed E-state index contributed by atoms with van der Waals surface area (Å²) in [4.78, 5) is 16.6. The summed E-state index contributed by atoms with van der Waals surface area (Å²) in [6, 6.07) is 6.21. The van der Waals surface area contributed by atoms with Crippen LogP contribution in [-0.4, -0.2) is 43.2 Å². The Morgan fingerprint density at radius 2 is 1.88 bits per heavy atom. The van der Waals surface area contributed by atoms with Gasteiger partial charge in [-0.15, -0.1) is 0 Å². The molecule has 0 heterocycles. The van der Waals surface area contributed by atoms with Crippen LogP contribution >= 0.6 is 0 Å². The molecule has 1 aromatic carbocycles. The molecule has 1 aromatic rings. The van der Waals surface area contributed by atoms with Gasteiger partial charge in [-0.25, -0.2) is 0 Å². The molecule has 0 saturated carbocycles. The van der Waals surface area contributed by atoms with E-state index in [9.17, 15) is 9.90 Å². The monoisotopic (exact) mass is 358 g/mol. The molecule has 0 spiro atoms. The SMILES string of the molecule is CCNC(=NCCC1=CCCCC1)NCCNC(=O)c1ccc(O)cc1. The van der Waals surface area contributed by atoms with E-state index in [0.717, 1.165) is 25.5 Å². The Bertz CT molecular complexity index is 623. The minimum atomic E-state index is -0.155. The van der Waals surface area contributed by atoms with Gasteiger partial charge in [-0.3, -0.25) is 9.79 Å². The van der Waals surface area contributed by atoms with Gasteiger partial charge in [-0.05, 0) is 63.3 Å². The fourth-order valence-electron chi connectivity index (χ4n) is 2.86. The van der Waals surface area contributed by atoms with Crippen molar-refractivity contribution in [1.82, 2.24) is 16.0 Å². The maximum atomic E-state index is 12.0. The number of guanidine groups is 1. The summed E-state index contributed by atoms with van der Waals surface area (Å²) in [5.74, 6) is 0.777. The van der Waals surface area contributed by atoms with Crippen molar-refractivity contribution in [2.45, 2.75) is 39.0 Å². The van der Waals surface area contributed by atoms with Gasteiger partial charge in [0.05, 0.1) is 0 Å². The molecule has 0 bridgehead atoms. The molecule has 0 unspecified atom stereocenters. The zero-order valence-electron chi connectivity index (χ0n) is 15.6. The highest BCUT2D eigenvalue weighted by atomic mass is 16.3. The Morgan fingerprint density at radius 3 is 2.58 bits per heavy atom. The van der Waals surface area contributed by atoms with Crippen molar-refractivity contribution in [1.29, 1.82) is 0 Å². The highest BCUT2D eigenvalue weighted by molar-refractivity contribution is 5.94. The number of nitrogens with one attached hydrogen (secondary N) is 3. The fraction of sp³-hybridized carbons (Fsp3) is 0.500. The normalized spacial score (nSPS) is 14.5. The first-order valence-electron chi connectivity index (χ1n) is 9.46. The van der Waals surface area contributed by atoms with Crippen LogP contribution in [0.25, 0.3) is 0 Å². The van der Waals surface area contributed by atoms with Crippen LogP contribution in [-0.2, 0) is 0 Å². The quantitative estimate of drug-likeness (QED) is 0.249. The Hall–Kier alpha value is -2.50. The third kappa shape index (κ3) is 7.17. The first kappa shape index (κ1) is 19.8. The van der Waals surface area contributed by atoms with E-state index in [0.29, 0.717) is 18.7 Å². The summed E-state index contributed by atoms with van der Waals surface area (Å²) < 4.78 is 0. The summed E-state index contributed by atoms with van der Waals surface area (Å²) >= 11 is 0. The molecular formula is C20H30N4O2. The molecule has 1 aliphatic rings. The van der Waals surface area contributed by atoms with E-state index >= 15 is 0 Å². The van der Waals surface area contributed by atoms with E-state index in [-0.39, 0.29) is 11.7 Å². The van der Waals surface area contributed by atoms with Crippen LogP contribution in [0.3, 0.4) is 0 Å². The van der Waals surface area contributed by atoms with E-state index in [1.165, 1.54) is 43.4 Å². The second-order valence-corrected chi connectivity index (χ2v) is 6.35. The maximum Gasteiger partial charge on any atom is 0.251 e. The third-order valence-electron chi connectivity index (χ3n) is 4.26. The molecule has 1 aliphatic carbocycles. The van der Waals surface area contributed by atoms with Gasteiger partial charge >= 0.3 is 0 Å². The molecule has 4 N–H and O–H groups in total. The number of carbonyl (C=O) groups is 1. The molecule has 1 amide bonds. The van der Waals surface area contributed by atoms with Crippen molar-refractivity contribution >= 4 is 11.9 Å². The largest absolute Gasteiger partial charge is 0.508 e. The first-order valence-corrected chi connectivity index (χ1v) is 9.46. The number of hydrogen-bond donors (Lipinski definition) is 4. The average molecular weight is 358 g/mol. The summed E-state index contributed by atoms with van der Waals surface area (Å²) in [6.07, 6.45) is 8.41. The lowest BCUT2D eigenvalue weighted by Crippen LogP contribution is -2.41. The summed E-state index contributed by atoms with van der Waals surface area (Å²) in [5.41, 5.74) is 2.06. The minimum Gasteiger partial charge on any atom is -0.508 e. The van der Waals surface area contributed by atoms with Crippen LogP contribution in [0.4, 0.5) is 0 Å². The van der Waals surface area contributed by atoms with Crippen molar-refractivity contribution in [3.05, 3.63) is 41.5 Å². The van der Waals surface area contributed by atoms with Crippen LogP contribution in [0, 0.1) is 0 Å². The standard InChI is InChI=1S/C20H30N4O2/c1-2-21-20(23-13-12-16-6-4-3-5-7-16)24-15-14-22-19(26)17-8-10-18(25)11-9-17/h6,8-11,25H,2-5,7,12-15H2,1H3,(H,22,26)(H2,21,23,24). The number of allylic oxidation sites excluding steroid dienone is 1. The molecule has 0 aromatic heterocycles. The van der Waals surface area contributed by atoms with Gasteiger partial charge in [-0.1, -0.05) is 11.6 Å². The number of rotatable bonds is 8. The van der Waals surface area contributed by atoms with Gasteiger partial charge in [0.15, 0.2) is 5.96 Å². The van der Waals surface area contributed by atoms with E-state index in [2.05, 4.69) is 27.0 Å². The van der Waals surface area contributed by atoms with Crippen molar-refractivity contribution in [3.8, 4) is 5.75 Å². The topological polar surface area (TPSA) is 85.8 Å². The van der Waals surface area contributed by atoms with Crippen molar-refractivity contribution in [2.24, 2.45) is 4.99 Å². The van der Waals surface area contributed by atoms with E-state index in [1.54, 1.807) is 12.1 Å². The highest BCUT2D eigenvalue weighted by Crippen LogP contribution is 2.19. The van der Waals surface area contributed by atoms with Crippen LogP contribution in [0.1, 0.15) is 49.4 Å². The van der Waals surface area contributed by atoms with Crippen molar-refractivity contribution < 1.29 is 9.90 Å². The average Bonchev–Trinajstić information content (AvgIpc) is 2.66. The second kappa shape index (κ2) is 11.2. The Morgan fingerprint density at radius 1 is 1.12 bits per heavy atom. The second-order valence-electron chi connectivity index (χ2n) is 6.35. The zero-order valence-corrected chi connectivity index (χ0v) is 15.6. The number of phenols is 1. The highest BCUT2D eigenvalue weighted by Gasteiger charge is 2.05. The fourth-order valence-corrected chi connectivity index (χ4v) is 2.86. The lowest BCUT2D eigenvalue weighted by atomic mass is 9.97. The minimum absolute atomic E-state index is 0.152. The molecule has 142 valence electrons. The summed E-state index contributed by atoms with van der Waals surface area (Å²) in [5, 5.41) is 18.6. The molecular weight excluding hydrogens is 328 g/mol. The van der Waals surface area contributed by atoms with Crippen LogP contribution in [0.5, 0.6) is 5.75 Å². The number of phenolic OH excluding ortho intramolecular Hbond substituents is 1. The van der Waals surface area contributed by atoms with Gasteiger partial charge in [0.1, 0.15) is 5.75 Å². The van der Waals surface area contributed by atoms with Crippen LogP contribution < -0.4 is 16.0 Å². The first-order chi connectivity index (χ1) is 12.7. The van der Waals surface area contributed by atoms with E-state index in [4.69, 9.17) is 0 Å². The molecule has 0 atom stereocenters. The van der Waals surface area contributed by atoms with Crippen LogP contribution in [0.2, 0.25) is 0 Å². The smallest absolute Gasteiger partial charge is 0.251 e. The molecule has 0 aliphatic heterocycles. The lowest BCUT2D eigenvalue weighted by Gasteiger charge is -2.13. The van der Waals surface area contributed by atoms with Crippen molar-refractivity contribution in [2.75, 3.05) is 26.2 Å². The third-order valence-corrected chi connectivity index (χ3v) is 4.26. The number of carbonyl (C=O) groups excluding carboxylic acids is 1. The van der Waals surface area contributed by atoms with E-state index < -0.39 is 0 Å². The van der Waals surface area contributed by atoms with E-state index in [1.807, 2.05) is 6.92 Å². The van der Waals surface area contributed by atoms with Gasteiger partial charge in [0.25, 0.3) is 5.91 Å². The summed E-state index contributed by atoms with van der Waals surface area (Å²) in [6.45, 7) is 4.70. The number of amides is 1. The summed E-state index contributed by atoms with van der Waals surface area (Å²) in [7, 11) is 0. The predicted molar refractivity (Wildman–Crippen MR) is 106 cm³/mol. The molecule has 0 fully saturated rings. The van der Waals surface area contributed by atoms with Gasteiger partial charge < -0.3 is 21.1 Å². The van der Waals surface area contributed by atoms with Gasteiger partial charge in [0.2, 0.25) is 0 Å². The molecule has 0 saturated heterocycles. The zero-order chi connectivity index (χ0) is 18.6. The lowest BCUT2D eigenvalue weighted by molar-refractivity contribution is 0.0954. The van der Waals surface area contributed by atoms with Gasteiger partial charge in [0, 0.05) is 31.7 Å². The van der Waals surface area contributed by atoms with Crippen LogP contribution in [0.15, 0.2) is 40.9 Å². The van der Waals surface area contributed by atoms with Gasteiger partial charge in [-0.2, -0.15) is 0 Å². The molecule has 2 rings (SSSR count). The Labute approximate surface area is 155 Å². The number of benzene rings is 1. The molecule has 6 heteroatoms. The molecule has 0 radical (unpaired) electrons. The number of nitrogens with zero attached hydrogens (tertiary/aromatic N) is 1. The molecule has 6 nitrogen and oxygen atoms in total. The molecule has 26 heavy (non-hydrogen) atoms. The Kier molecular flexibility index (Phi) is 8.52. The number of hydrogen-bond acceptors (Lipinski definition) is 3. The number of aliphatic imine (C=N–C) groups is 1. The maximum absolute atomic E-state index is 12.0.